The molecule has 0 aliphatic carbocycles. The van der Waals surface area contributed by atoms with Gasteiger partial charge in [0, 0.05) is 0 Å². The van der Waals surface area contributed by atoms with Gasteiger partial charge < -0.3 is 15.2 Å². The number of aromatic nitrogens is 2. The summed E-state index contributed by atoms with van der Waals surface area (Å²) >= 11 is 0. The van der Waals surface area contributed by atoms with Crippen LogP contribution >= 0.6 is 0 Å². The fourth-order valence-electron chi connectivity index (χ4n) is 2.64. The van der Waals surface area contributed by atoms with Gasteiger partial charge in [0.25, 0.3) is 0 Å². The van der Waals surface area contributed by atoms with Crippen molar-refractivity contribution in [2.45, 2.75) is 20.5 Å². The zero-order valence-corrected chi connectivity index (χ0v) is 14.2. The van der Waals surface area contributed by atoms with E-state index in [1.54, 1.807) is 13.8 Å². The van der Waals surface area contributed by atoms with Crippen molar-refractivity contribution in [2.24, 2.45) is 0 Å². The number of anilines is 1. The van der Waals surface area contributed by atoms with Crippen molar-refractivity contribution in [1.82, 2.24) is 9.97 Å². The number of fused-ring (bicyclic) bond motifs is 1. The monoisotopic (exact) mass is 337 g/mol. The quantitative estimate of drug-likeness (QED) is 0.719. The number of aryl methyl sites for hydroxylation is 1. The van der Waals surface area contributed by atoms with Gasteiger partial charge in [0.1, 0.15) is 17.9 Å². The van der Waals surface area contributed by atoms with E-state index in [2.05, 4.69) is 9.97 Å². The van der Waals surface area contributed by atoms with Crippen molar-refractivity contribution < 1.29 is 14.3 Å². The number of ether oxygens (including phenoxy) is 2. The second-order valence-corrected chi connectivity index (χ2v) is 5.51. The SMILES string of the molecule is CCOC(=O)c1c(C)nc(N)nc1COc1ccc2ccccc2c1. The van der Waals surface area contributed by atoms with Gasteiger partial charge in [-0.3, -0.25) is 0 Å². The number of carbonyl (C=O) groups excluding carboxylic acids is 1. The van der Waals surface area contributed by atoms with E-state index in [1.807, 2.05) is 42.5 Å². The highest BCUT2D eigenvalue weighted by Crippen LogP contribution is 2.22. The number of rotatable bonds is 5. The molecule has 128 valence electrons. The van der Waals surface area contributed by atoms with Gasteiger partial charge in [-0.2, -0.15) is 0 Å². The number of esters is 1. The standard InChI is InChI=1S/C19H19N3O3/c1-3-24-18(23)17-12(2)21-19(20)22-16(17)11-25-15-9-8-13-6-4-5-7-14(13)10-15/h4-10H,3,11H2,1-2H3,(H2,20,21,22). The first-order valence-electron chi connectivity index (χ1n) is 8.00. The molecule has 6 heteroatoms. The van der Waals surface area contributed by atoms with E-state index in [9.17, 15) is 4.79 Å². The van der Waals surface area contributed by atoms with Gasteiger partial charge in [0.05, 0.1) is 18.0 Å². The summed E-state index contributed by atoms with van der Waals surface area (Å²) in [6.45, 7) is 3.81. The Morgan fingerprint density at radius 3 is 2.64 bits per heavy atom. The highest BCUT2D eigenvalue weighted by Gasteiger charge is 2.19. The third-order valence-corrected chi connectivity index (χ3v) is 3.76. The molecular formula is C19H19N3O3. The molecule has 0 saturated heterocycles. The van der Waals surface area contributed by atoms with Gasteiger partial charge in [-0.25, -0.2) is 14.8 Å². The number of carbonyl (C=O) groups is 1. The Balaban J connectivity index is 1.87. The number of hydrogen-bond acceptors (Lipinski definition) is 6. The van der Waals surface area contributed by atoms with Crippen LogP contribution in [-0.2, 0) is 11.3 Å². The molecule has 1 heterocycles. The van der Waals surface area contributed by atoms with Gasteiger partial charge in [0.15, 0.2) is 0 Å². The normalized spacial score (nSPS) is 10.6. The molecule has 0 radical (unpaired) electrons. The maximum Gasteiger partial charge on any atom is 0.341 e. The lowest BCUT2D eigenvalue weighted by atomic mass is 10.1. The van der Waals surface area contributed by atoms with Crippen LogP contribution in [0.5, 0.6) is 5.75 Å². The minimum absolute atomic E-state index is 0.0973. The molecule has 0 unspecified atom stereocenters. The minimum Gasteiger partial charge on any atom is -0.487 e. The van der Waals surface area contributed by atoms with Crippen molar-refractivity contribution in [3.63, 3.8) is 0 Å². The minimum atomic E-state index is -0.475. The number of nitrogen functional groups attached to an aromatic ring is 1. The van der Waals surface area contributed by atoms with Crippen LogP contribution in [0, 0.1) is 6.92 Å². The van der Waals surface area contributed by atoms with Crippen molar-refractivity contribution in [3.8, 4) is 5.75 Å². The molecule has 1 aromatic heterocycles. The molecular weight excluding hydrogens is 318 g/mol. The van der Waals surface area contributed by atoms with E-state index in [0.717, 1.165) is 10.8 Å². The molecule has 0 fully saturated rings. The smallest absolute Gasteiger partial charge is 0.341 e. The lowest BCUT2D eigenvalue weighted by molar-refractivity contribution is 0.0521. The molecule has 3 rings (SSSR count). The Hall–Kier alpha value is -3.15. The zero-order valence-electron chi connectivity index (χ0n) is 14.2. The van der Waals surface area contributed by atoms with Crippen molar-refractivity contribution in [1.29, 1.82) is 0 Å². The maximum atomic E-state index is 12.2. The van der Waals surface area contributed by atoms with Gasteiger partial charge >= 0.3 is 5.97 Å². The van der Waals surface area contributed by atoms with Crippen LogP contribution in [0.15, 0.2) is 42.5 Å². The van der Waals surface area contributed by atoms with Crippen LogP contribution < -0.4 is 10.5 Å². The Bertz CT molecular complexity index is 925. The van der Waals surface area contributed by atoms with Crippen LogP contribution in [0.2, 0.25) is 0 Å². The molecule has 0 bridgehead atoms. The lowest BCUT2D eigenvalue weighted by Crippen LogP contribution is -2.16. The summed E-state index contributed by atoms with van der Waals surface area (Å²) in [5, 5.41) is 2.20. The van der Waals surface area contributed by atoms with Crippen LogP contribution in [0.1, 0.15) is 28.7 Å². The molecule has 25 heavy (non-hydrogen) atoms. The van der Waals surface area contributed by atoms with E-state index in [0.29, 0.717) is 22.7 Å². The van der Waals surface area contributed by atoms with Crippen LogP contribution in [-0.4, -0.2) is 22.5 Å². The molecule has 3 aromatic rings. The summed E-state index contributed by atoms with van der Waals surface area (Å²) in [6, 6.07) is 13.8. The summed E-state index contributed by atoms with van der Waals surface area (Å²) in [6.07, 6.45) is 0. The van der Waals surface area contributed by atoms with Crippen LogP contribution in [0.4, 0.5) is 5.95 Å². The van der Waals surface area contributed by atoms with Crippen molar-refractivity contribution >= 4 is 22.7 Å². The molecule has 0 saturated carbocycles. The first-order chi connectivity index (χ1) is 12.1. The highest BCUT2D eigenvalue weighted by atomic mass is 16.5. The number of nitrogens with zero attached hydrogens (tertiary/aromatic N) is 2. The molecule has 6 nitrogen and oxygen atoms in total. The number of nitrogens with two attached hydrogens (primary N) is 1. The van der Waals surface area contributed by atoms with Gasteiger partial charge in [0.2, 0.25) is 5.95 Å². The Morgan fingerprint density at radius 2 is 1.88 bits per heavy atom. The predicted octanol–water partition coefficient (Wildman–Crippen LogP) is 3.28. The predicted molar refractivity (Wildman–Crippen MR) is 95.4 cm³/mol. The third-order valence-electron chi connectivity index (χ3n) is 3.76. The van der Waals surface area contributed by atoms with Crippen molar-refractivity contribution in [2.75, 3.05) is 12.3 Å². The van der Waals surface area contributed by atoms with Gasteiger partial charge in [-0.05, 0) is 36.8 Å². The zero-order chi connectivity index (χ0) is 17.8. The third kappa shape index (κ3) is 3.68. The highest BCUT2D eigenvalue weighted by molar-refractivity contribution is 5.92. The van der Waals surface area contributed by atoms with Gasteiger partial charge in [-0.15, -0.1) is 0 Å². The molecule has 0 aliphatic rings. The van der Waals surface area contributed by atoms with Crippen molar-refractivity contribution in [3.05, 3.63) is 59.4 Å². The maximum absolute atomic E-state index is 12.2. The summed E-state index contributed by atoms with van der Waals surface area (Å²) in [5.74, 6) is 0.308. The van der Waals surface area contributed by atoms with Crippen LogP contribution in [0.25, 0.3) is 10.8 Å². The summed E-state index contributed by atoms with van der Waals surface area (Å²) < 4.78 is 10.9. The molecule has 0 aliphatic heterocycles. The fraction of sp³-hybridized carbons (Fsp3) is 0.211. The first-order valence-corrected chi connectivity index (χ1v) is 8.00. The Morgan fingerprint density at radius 1 is 1.12 bits per heavy atom. The number of benzene rings is 2. The number of hydrogen-bond donors (Lipinski definition) is 1. The molecule has 0 atom stereocenters. The average Bonchev–Trinajstić information content (AvgIpc) is 2.59. The fourth-order valence-corrected chi connectivity index (χ4v) is 2.64. The van der Waals surface area contributed by atoms with E-state index >= 15 is 0 Å². The van der Waals surface area contributed by atoms with E-state index in [4.69, 9.17) is 15.2 Å². The Labute approximate surface area is 145 Å². The second-order valence-electron chi connectivity index (χ2n) is 5.51. The summed E-state index contributed by atoms with van der Waals surface area (Å²) in [4.78, 5) is 20.4. The molecule has 0 amide bonds. The van der Waals surface area contributed by atoms with Gasteiger partial charge in [-0.1, -0.05) is 30.3 Å². The largest absolute Gasteiger partial charge is 0.487 e. The van der Waals surface area contributed by atoms with E-state index in [1.165, 1.54) is 0 Å². The molecule has 2 aromatic carbocycles. The first kappa shape index (κ1) is 16.7. The van der Waals surface area contributed by atoms with E-state index < -0.39 is 5.97 Å². The lowest BCUT2D eigenvalue weighted by Gasteiger charge is -2.12. The van der Waals surface area contributed by atoms with Crippen LogP contribution in [0.3, 0.4) is 0 Å². The van der Waals surface area contributed by atoms with E-state index in [-0.39, 0.29) is 19.2 Å². The topological polar surface area (TPSA) is 87.3 Å². The average molecular weight is 337 g/mol. The summed E-state index contributed by atoms with van der Waals surface area (Å²) in [7, 11) is 0. The Kier molecular flexibility index (Phi) is 4.79. The second kappa shape index (κ2) is 7.17. The molecule has 2 N–H and O–H groups in total. The molecule has 0 spiro atoms. The summed E-state index contributed by atoms with van der Waals surface area (Å²) in [5.41, 5.74) is 6.91.